The number of aromatic nitrogens is 2. The molecule has 1 heterocycles. The summed E-state index contributed by atoms with van der Waals surface area (Å²) in [6, 6.07) is 1.19. The van der Waals surface area contributed by atoms with E-state index in [2.05, 4.69) is 23.8 Å². The predicted molar refractivity (Wildman–Crippen MR) is 61.0 cm³/mol. The van der Waals surface area contributed by atoms with Gasteiger partial charge in [-0.2, -0.15) is 18.2 Å². The lowest BCUT2D eigenvalue weighted by Gasteiger charge is -2.10. The molecule has 0 bridgehead atoms. The number of alkyl halides is 3. The van der Waals surface area contributed by atoms with Gasteiger partial charge in [-0.25, -0.2) is 4.98 Å². The summed E-state index contributed by atoms with van der Waals surface area (Å²) in [4.78, 5) is 6.41. The van der Waals surface area contributed by atoms with Crippen LogP contribution in [0.4, 0.5) is 19.0 Å². The minimum Gasteiger partial charge on any atom is -0.478 e. The highest BCUT2D eigenvalue weighted by atomic mass is 19.4. The lowest BCUT2D eigenvalue weighted by atomic mass is 10.1. The van der Waals surface area contributed by atoms with Crippen LogP contribution in [0.1, 0.15) is 32.5 Å². The summed E-state index contributed by atoms with van der Waals surface area (Å²) >= 11 is 0. The molecule has 7 heteroatoms. The highest BCUT2D eigenvalue weighted by molar-refractivity contribution is 5.33. The normalized spacial score (nSPS) is 11.9. The number of hydrogen-bond donors (Lipinski definition) is 1. The molecule has 0 saturated carbocycles. The van der Waals surface area contributed by atoms with Gasteiger partial charge in [-0.1, -0.05) is 13.8 Å². The summed E-state index contributed by atoms with van der Waals surface area (Å²) in [7, 11) is 0. The van der Waals surface area contributed by atoms with E-state index in [-0.39, 0.29) is 11.7 Å². The van der Waals surface area contributed by atoms with E-state index in [9.17, 15) is 13.2 Å². The van der Waals surface area contributed by atoms with Gasteiger partial charge in [0.15, 0.2) is 0 Å². The minimum atomic E-state index is -4.62. The molecule has 1 aromatic rings. The Bertz CT molecular complexity index is 394. The Hall–Kier alpha value is -1.53. The van der Waals surface area contributed by atoms with Gasteiger partial charge in [-0.05, 0) is 18.8 Å². The Morgan fingerprint density at radius 1 is 1.33 bits per heavy atom. The fraction of sp³-hybridized carbons (Fsp3) is 0.636. The van der Waals surface area contributed by atoms with Crippen molar-refractivity contribution in [3.63, 3.8) is 0 Å². The maximum absolute atomic E-state index is 12.4. The maximum Gasteiger partial charge on any atom is 0.451 e. The van der Waals surface area contributed by atoms with Crippen LogP contribution in [-0.2, 0) is 6.18 Å². The minimum absolute atomic E-state index is 0.140. The van der Waals surface area contributed by atoms with Crippen LogP contribution in [0.3, 0.4) is 0 Å². The topological polar surface area (TPSA) is 61.0 Å². The number of ether oxygens (including phenoxy) is 1. The molecule has 2 N–H and O–H groups in total. The van der Waals surface area contributed by atoms with Gasteiger partial charge in [-0.15, -0.1) is 0 Å². The van der Waals surface area contributed by atoms with Crippen molar-refractivity contribution in [2.24, 2.45) is 5.92 Å². The summed E-state index contributed by atoms with van der Waals surface area (Å²) in [5.74, 6) is -1.15. The first-order chi connectivity index (χ1) is 8.29. The third kappa shape index (κ3) is 4.77. The van der Waals surface area contributed by atoms with Gasteiger partial charge >= 0.3 is 6.18 Å². The quantitative estimate of drug-likeness (QED) is 0.830. The van der Waals surface area contributed by atoms with Crippen molar-refractivity contribution in [1.82, 2.24) is 9.97 Å². The van der Waals surface area contributed by atoms with Crippen LogP contribution >= 0.6 is 0 Å². The molecular formula is C11H16F3N3O. The van der Waals surface area contributed by atoms with Crippen molar-refractivity contribution < 1.29 is 17.9 Å². The molecule has 1 rings (SSSR count). The second-order valence-corrected chi connectivity index (χ2v) is 4.34. The molecule has 0 fully saturated rings. The fourth-order valence-corrected chi connectivity index (χ4v) is 1.31. The Morgan fingerprint density at radius 2 is 2.00 bits per heavy atom. The van der Waals surface area contributed by atoms with E-state index in [4.69, 9.17) is 10.5 Å². The van der Waals surface area contributed by atoms with Crippen molar-refractivity contribution in [3.05, 3.63) is 11.9 Å². The van der Waals surface area contributed by atoms with E-state index in [0.717, 1.165) is 12.8 Å². The Balaban J connectivity index is 2.63. The largest absolute Gasteiger partial charge is 0.478 e. The SMILES string of the molecule is CC(C)CCCOc1cc(N)nc(C(F)(F)F)n1. The van der Waals surface area contributed by atoms with Gasteiger partial charge in [0.1, 0.15) is 5.82 Å². The zero-order chi connectivity index (χ0) is 13.8. The standard InChI is InChI=1S/C11H16F3N3O/c1-7(2)4-3-5-18-9-6-8(15)16-10(17-9)11(12,13)14/h6-7H,3-5H2,1-2H3,(H2,15,16,17). The zero-order valence-electron chi connectivity index (χ0n) is 10.3. The molecule has 0 aromatic carbocycles. The Morgan fingerprint density at radius 3 is 2.56 bits per heavy atom. The first-order valence-corrected chi connectivity index (χ1v) is 5.63. The van der Waals surface area contributed by atoms with Gasteiger partial charge in [0.05, 0.1) is 6.61 Å². The summed E-state index contributed by atoms with van der Waals surface area (Å²) < 4.78 is 42.4. The highest BCUT2D eigenvalue weighted by Crippen LogP contribution is 2.28. The molecule has 0 aliphatic carbocycles. The number of rotatable bonds is 5. The predicted octanol–water partition coefficient (Wildman–Crippen LogP) is 2.89. The first-order valence-electron chi connectivity index (χ1n) is 5.63. The lowest BCUT2D eigenvalue weighted by molar-refractivity contribution is -0.145. The average molecular weight is 263 g/mol. The van der Waals surface area contributed by atoms with E-state index in [1.54, 1.807) is 0 Å². The third-order valence-electron chi connectivity index (χ3n) is 2.15. The molecule has 0 unspecified atom stereocenters. The molecule has 0 aliphatic rings. The Kier molecular flexibility index (Phi) is 4.75. The van der Waals surface area contributed by atoms with Crippen molar-refractivity contribution in [1.29, 1.82) is 0 Å². The molecule has 1 aromatic heterocycles. The van der Waals surface area contributed by atoms with Gasteiger partial charge in [0.25, 0.3) is 0 Å². The van der Waals surface area contributed by atoms with Crippen LogP contribution in [0, 0.1) is 5.92 Å². The molecule has 0 aliphatic heterocycles. The number of nitrogen functional groups attached to an aromatic ring is 1. The summed E-state index contributed by atoms with van der Waals surface area (Å²) in [6.07, 6.45) is -2.93. The van der Waals surface area contributed by atoms with Crippen molar-refractivity contribution in [2.75, 3.05) is 12.3 Å². The van der Waals surface area contributed by atoms with E-state index in [1.165, 1.54) is 6.07 Å². The zero-order valence-corrected chi connectivity index (χ0v) is 10.3. The number of nitrogens with two attached hydrogens (primary N) is 1. The molecular weight excluding hydrogens is 247 g/mol. The van der Waals surface area contributed by atoms with Crippen molar-refractivity contribution in [3.8, 4) is 5.88 Å². The van der Waals surface area contributed by atoms with Crippen molar-refractivity contribution in [2.45, 2.75) is 32.9 Å². The number of halogens is 3. The average Bonchev–Trinajstić information content (AvgIpc) is 2.22. The number of nitrogens with zero attached hydrogens (tertiary/aromatic N) is 2. The van der Waals surface area contributed by atoms with Crippen LogP contribution in [0.15, 0.2) is 6.07 Å². The van der Waals surface area contributed by atoms with Crippen LogP contribution in [-0.4, -0.2) is 16.6 Å². The summed E-state index contributed by atoms with van der Waals surface area (Å²) in [5.41, 5.74) is 5.28. The fourth-order valence-electron chi connectivity index (χ4n) is 1.31. The van der Waals surface area contributed by atoms with Gasteiger partial charge < -0.3 is 10.5 Å². The third-order valence-corrected chi connectivity index (χ3v) is 2.15. The molecule has 0 radical (unpaired) electrons. The lowest BCUT2D eigenvalue weighted by Crippen LogP contribution is -2.13. The first kappa shape index (κ1) is 14.5. The number of anilines is 1. The molecule has 0 spiro atoms. The second kappa shape index (κ2) is 5.88. The molecule has 0 atom stereocenters. The van der Waals surface area contributed by atoms with E-state index in [0.29, 0.717) is 12.5 Å². The van der Waals surface area contributed by atoms with Gasteiger partial charge in [0.2, 0.25) is 11.7 Å². The summed E-state index contributed by atoms with van der Waals surface area (Å²) in [6.45, 7) is 4.43. The van der Waals surface area contributed by atoms with Crippen LogP contribution in [0.2, 0.25) is 0 Å². The van der Waals surface area contributed by atoms with Crippen molar-refractivity contribution >= 4 is 5.82 Å². The van der Waals surface area contributed by atoms with Crippen LogP contribution in [0.25, 0.3) is 0 Å². The van der Waals surface area contributed by atoms with Crippen LogP contribution < -0.4 is 10.5 Å². The molecule has 18 heavy (non-hydrogen) atoms. The highest BCUT2D eigenvalue weighted by Gasteiger charge is 2.35. The molecule has 0 amide bonds. The smallest absolute Gasteiger partial charge is 0.451 e. The molecule has 0 saturated heterocycles. The molecule has 102 valence electrons. The second-order valence-electron chi connectivity index (χ2n) is 4.34. The van der Waals surface area contributed by atoms with E-state index < -0.39 is 12.0 Å². The van der Waals surface area contributed by atoms with Gasteiger partial charge in [-0.3, -0.25) is 0 Å². The Labute approximate surface area is 103 Å². The van der Waals surface area contributed by atoms with E-state index in [1.807, 2.05) is 0 Å². The van der Waals surface area contributed by atoms with Crippen LogP contribution in [0.5, 0.6) is 5.88 Å². The number of hydrogen-bond acceptors (Lipinski definition) is 4. The summed E-state index contributed by atoms with van der Waals surface area (Å²) in [5, 5.41) is 0. The van der Waals surface area contributed by atoms with E-state index >= 15 is 0 Å². The molecule has 4 nitrogen and oxygen atoms in total. The monoisotopic (exact) mass is 263 g/mol. The van der Waals surface area contributed by atoms with Gasteiger partial charge in [0, 0.05) is 6.07 Å². The maximum atomic E-state index is 12.4.